The number of nitrogens with one attached hydrogen (secondary N) is 2. The average molecular weight is 328 g/mol. The van der Waals surface area contributed by atoms with Gasteiger partial charge in [-0.25, -0.2) is 13.1 Å². The fraction of sp³-hybridized carbons (Fsp3) is 0.429. The zero-order valence-corrected chi connectivity index (χ0v) is 14.0. The van der Waals surface area contributed by atoms with Crippen molar-refractivity contribution in [3.63, 3.8) is 0 Å². The highest BCUT2D eigenvalue weighted by Gasteiger charge is 2.18. The molecule has 0 fully saturated rings. The third-order valence-electron chi connectivity index (χ3n) is 2.98. The Balaban J connectivity index is 2.07. The van der Waals surface area contributed by atoms with Gasteiger partial charge in [-0.15, -0.1) is 11.3 Å². The highest BCUT2D eigenvalue weighted by atomic mass is 32.2. The van der Waals surface area contributed by atoms with Crippen molar-refractivity contribution in [2.45, 2.75) is 44.1 Å². The molecule has 0 saturated heterocycles. The number of furan rings is 1. The van der Waals surface area contributed by atoms with Gasteiger partial charge in [0.05, 0.1) is 12.5 Å². The molecule has 2 aromatic rings. The molecule has 116 valence electrons. The lowest BCUT2D eigenvalue weighted by Crippen LogP contribution is -2.22. The molecule has 5 nitrogen and oxygen atoms in total. The van der Waals surface area contributed by atoms with Crippen molar-refractivity contribution in [1.29, 1.82) is 0 Å². The molecular weight excluding hydrogens is 308 g/mol. The lowest BCUT2D eigenvalue weighted by molar-refractivity contribution is 0.561. The van der Waals surface area contributed by atoms with Gasteiger partial charge < -0.3 is 9.73 Å². The molecule has 0 aliphatic carbocycles. The highest BCUT2D eigenvalue weighted by Crippen LogP contribution is 2.26. The molecule has 0 bridgehead atoms. The van der Waals surface area contributed by atoms with Crippen molar-refractivity contribution in [2.75, 3.05) is 0 Å². The lowest BCUT2D eigenvalue weighted by atomic mass is 10.3. The molecule has 0 atom stereocenters. The average Bonchev–Trinajstić information content (AvgIpc) is 3.04. The van der Waals surface area contributed by atoms with Gasteiger partial charge >= 0.3 is 0 Å². The molecule has 0 aliphatic heterocycles. The van der Waals surface area contributed by atoms with Crippen LogP contribution in [-0.2, 0) is 23.1 Å². The van der Waals surface area contributed by atoms with Crippen LogP contribution in [0.1, 0.15) is 29.9 Å². The Labute approximate surface area is 129 Å². The van der Waals surface area contributed by atoms with Gasteiger partial charge in [-0.2, -0.15) is 0 Å². The van der Waals surface area contributed by atoms with Crippen molar-refractivity contribution >= 4 is 21.4 Å². The minimum atomic E-state index is -3.48. The van der Waals surface area contributed by atoms with E-state index in [-0.39, 0.29) is 6.54 Å². The van der Waals surface area contributed by atoms with E-state index in [9.17, 15) is 8.42 Å². The standard InChI is InChI=1S/C14H20N2O3S2/c1-10(2)15-8-13-11(3)6-14(20-13)21(17,18)16-7-12-4-5-19-9-12/h4-6,9-10,15-16H,7-8H2,1-3H3. The Morgan fingerprint density at radius 2 is 2.10 bits per heavy atom. The second-order valence-corrected chi connectivity index (χ2v) is 8.29. The minimum Gasteiger partial charge on any atom is -0.472 e. The van der Waals surface area contributed by atoms with Gasteiger partial charge in [-0.3, -0.25) is 0 Å². The molecule has 0 aliphatic rings. The molecule has 2 rings (SSSR count). The maximum Gasteiger partial charge on any atom is 0.250 e. The molecular formula is C14H20N2O3S2. The number of aryl methyl sites for hydroxylation is 1. The van der Waals surface area contributed by atoms with Gasteiger partial charge in [-0.05, 0) is 24.6 Å². The molecule has 0 unspecified atom stereocenters. The third-order valence-corrected chi connectivity index (χ3v) is 6.09. The summed E-state index contributed by atoms with van der Waals surface area (Å²) in [7, 11) is -3.48. The van der Waals surface area contributed by atoms with Crippen molar-refractivity contribution in [1.82, 2.24) is 10.0 Å². The van der Waals surface area contributed by atoms with E-state index in [1.165, 1.54) is 23.9 Å². The number of rotatable bonds is 7. The van der Waals surface area contributed by atoms with Crippen LogP contribution in [0, 0.1) is 6.92 Å². The smallest absolute Gasteiger partial charge is 0.250 e. The van der Waals surface area contributed by atoms with Gasteiger partial charge in [0, 0.05) is 29.6 Å². The summed E-state index contributed by atoms with van der Waals surface area (Å²) in [5, 5.41) is 3.30. The Hall–Kier alpha value is -1.15. The van der Waals surface area contributed by atoms with Crippen molar-refractivity contribution in [3.05, 3.63) is 40.7 Å². The molecule has 21 heavy (non-hydrogen) atoms. The Bertz CT molecular complexity index is 673. The van der Waals surface area contributed by atoms with Crippen molar-refractivity contribution < 1.29 is 12.8 Å². The van der Waals surface area contributed by atoms with Crippen molar-refractivity contribution in [3.8, 4) is 0 Å². The van der Waals surface area contributed by atoms with Crippen LogP contribution in [0.25, 0.3) is 0 Å². The van der Waals surface area contributed by atoms with Crippen LogP contribution in [0.4, 0.5) is 0 Å². The van der Waals surface area contributed by atoms with E-state index in [0.717, 1.165) is 16.0 Å². The summed E-state index contributed by atoms with van der Waals surface area (Å²) in [6, 6.07) is 3.82. The van der Waals surface area contributed by atoms with Gasteiger partial charge in [0.2, 0.25) is 10.0 Å². The molecule has 2 N–H and O–H groups in total. The first kappa shape index (κ1) is 16.2. The summed E-state index contributed by atoms with van der Waals surface area (Å²) >= 11 is 1.31. The maximum atomic E-state index is 12.3. The molecule has 7 heteroatoms. The summed E-state index contributed by atoms with van der Waals surface area (Å²) in [4.78, 5) is 1.05. The van der Waals surface area contributed by atoms with Crippen molar-refractivity contribution in [2.24, 2.45) is 0 Å². The Kier molecular flexibility index (Phi) is 5.21. The molecule has 0 radical (unpaired) electrons. The fourth-order valence-corrected chi connectivity index (χ4v) is 4.34. The first-order valence-corrected chi connectivity index (χ1v) is 9.02. The van der Waals surface area contributed by atoms with Gasteiger partial charge in [0.25, 0.3) is 0 Å². The number of hydrogen-bond acceptors (Lipinski definition) is 5. The summed E-state index contributed by atoms with van der Waals surface area (Å²) in [6.07, 6.45) is 3.05. The summed E-state index contributed by atoms with van der Waals surface area (Å²) < 4.78 is 32.4. The van der Waals surface area contributed by atoms with Gasteiger partial charge in [0.1, 0.15) is 4.21 Å². The molecule has 0 spiro atoms. The van der Waals surface area contributed by atoms with Crippen LogP contribution in [0.2, 0.25) is 0 Å². The maximum absolute atomic E-state index is 12.3. The predicted octanol–water partition coefficient (Wildman–Crippen LogP) is 2.63. The zero-order valence-electron chi connectivity index (χ0n) is 12.3. The van der Waals surface area contributed by atoms with Gasteiger partial charge in [0.15, 0.2) is 0 Å². The van der Waals surface area contributed by atoms with E-state index >= 15 is 0 Å². The summed E-state index contributed by atoms with van der Waals surface area (Å²) in [5.74, 6) is 0. The first-order valence-electron chi connectivity index (χ1n) is 6.72. The van der Waals surface area contributed by atoms with E-state index in [4.69, 9.17) is 4.42 Å². The van der Waals surface area contributed by atoms with E-state index in [2.05, 4.69) is 23.9 Å². The second kappa shape index (κ2) is 6.74. The van der Waals surface area contributed by atoms with Crippen LogP contribution in [-0.4, -0.2) is 14.5 Å². The quantitative estimate of drug-likeness (QED) is 0.819. The Morgan fingerprint density at radius 3 is 2.71 bits per heavy atom. The number of sulfonamides is 1. The van der Waals surface area contributed by atoms with Crippen LogP contribution in [0.3, 0.4) is 0 Å². The van der Waals surface area contributed by atoms with E-state index in [1.807, 2.05) is 6.92 Å². The zero-order chi connectivity index (χ0) is 15.5. The Morgan fingerprint density at radius 1 is 1.33 bits per heavy atom. The molecule has 0 amide bonds. The minimum absolute atomic E-state index is 0.232. The van der Waals surface area contributed by atoms with Crippen LogP contribution in [0.15, 0.2) is 33.3 Å². The van der Waals surface area contributed by atoms with Gasteiger partial charge in [-0.1, -0.05) is 13.8 Å². The molecule has 2 heterocycles. The lowest BCUT2D eigenvalue weighted by Gasteiger charge is -2.06. The molecule has 0 aromatic carbocycles. The third kappa shape index (κ3) is 4.41. The van der Waals surface area contributed by atoms with E-state index < -0.39 is 10.0 Å². The SMILES string of the molecule is Cc1cc(S(=O)(=O)NCc2ccoc2)sc1CNC(C)C. The first-order chi connectivity index (χ1) is 9.88. The number of hydrogen-bond donors (Lipinski definition) is 2. The highest BCUT2D eigenvalue weighted by molar-refractivity contribution is 7.91. The molecule has 2 aromatic heterocycles. The largest absolute Gasteiger partial charge is 0.472 e. The summed E-state index contributed by atoms with van der Waals surface area (Å²) in [6.45, 7) is 6.98. The molecule has 0 saturated carbocycles. The number of thiophene rings is 1. The van der Waals surface area contributed by atoms with Crippen LogP contribution >= 0.6 is 11.3 Å². The monoisotopic (exact) mass is 328 g/mol. The summed E-state index contributed by atoms with van der Waals surface area (Å²) in [5.41, 5.74) is 1.80. The normalized spacial score (nSPS) is 12.2. The van der Waals surface area contributed by atoms with E-state index in [0.29, 0.717) is 16.8 Å². The van der Waals surface area contributed by atoms with E-state index in [1.54, 1.807) is 12.1 Å². The topological polar surface area (TPSA) is 71.3 Å². The van der Waals surface area contributed by atoms with Crippen LogP contribution < -0.4 is 10.0 Å². The van der Waals surface area contributed by atoms with Crippen LogP contribution in [0.5, 0.6) is 0 Å². The fourth-order valence-electron chi connectivity index (χ4n) is 1.74. The second-order valence-electron chi connectivity index (χ2n) is 5.16. The predicted molar refractivity (Wildman–Crippen MR) is 83.8 cm³/mol.